The molecule has 0 radical (unpaired) electrons. The quantitative estimate of drug-likeness (QED) is 0.833. The molecule has 3 aliphatic rings. The second-order valence-electron chi connectivity index (χ2n) is 8.53. The maximum Gasteiger partial charge on any atom is 0.230 e. The van der Waals surface area contributed by atoms with E-state index in [0.717, 1.165) is 45.6 Å². The number of hydrogen-bond acceptors (Lipinski definition) is 3. The second-order valence-corrected chi connectivity index (χ2v) is 8.53. The van der Waals surface area contributed by atoms with E-state index in [1.807, 2.05) is 6.07 Å². The average molecular weight is 357 g/mol. The van der Waals surface area contributed by atoms with Crippen molar-refractivity contribution in [1.82, 2.24) is 9.80 Å². The molecule has 0 aromatic heterocycles. The number of piperidine rings is 1. The molecule has 1 saturated carbocycles. The van der Waals surface area contributed by atoms with Crippen molar-refractivity contribution < 1.29 is 9.53 Å². The molecule has 2 heterocycles. The molecule has 1 spiro atoms. The number of ether oxygens (including phenoxy) is 1. The van der Waals surface area contributed by atoms with Gasteiger partial charge in [-0.3, -0.25) is 4.79 Å². The summed E-state index contributed by atoms with van der Waals surface area (Å²) in [6.45, 7) is 4.51. The molecule has 4 heteroatoms. The van der Waals surface area contributed by atoms with Gasteiger partial charge in [-0.1, -0.05) is 43.2 Å². The fourth-order valence-electron chi connectivity index (χ4n) is 5.24. The van der Waals surface area contributed by atoms with Gasteiger partial charge < -0.3 is 14.5 Å². The van der Waals surface area contributed by atoms with Gasteiger partial charge >= 0.3 is 0 Å². The Morgan fingerprint density at radius 2 is 1.81 bits per heavy atom. The smallest absolute Gasteiger partial charge is 0.230 e. The Morgan fingerprint density at radius 3 is 2.46 bits per heavy atom. The molecular weight excluding hydrogens is 324 g/mol. The minimum Gasteiger partial charge on any atom is -0.372 e. The molecule has 1 aromatic rings. The Hall–Kier alpha value is -1.39. The van der Waals surface area contributed by atoms with E-state index in [0.29, 0.717) is 11.8 Å². The lowest BCUT2D eigenvalue weighted by Gasteiger charge is -2.47. The van der Waals surface area contributed by atoms with Crippen LogP contribution in [0.15, 0.2) is 30.3 Å². The molecule has 4 rings (SSSR count). The summed E-state index contributed by atoms with van der Waals surface area (Å²) in [5.74, 6) is 0.905. The molecule has 3 fully saturated rings. The predicted molar refractivity (Wildman–Crippen MR) is 103 cm³/mol. The monoisotopic (exact) mass is 356 g/mol. The summed E-state index contributed by atoms with van der Waals surface area (Å²) in [5, 5.41) is 0. The SMILES string of the molecule is CN1CCOC2(CCN(C(=O)C(c3ccccc3)C3CCCC3)CC2)C1. The van der Waals surface area contributed by atoms with Crippen LogP contribution in [0.4, 0.5) is 0 Å². The fourth-order valence-corrected chi connectivity index (χ4v) is 5.24. The van der Waals surface area contributed by atoms with Gasteiger partial charge in [-0.2, -0.15) is 0 Å². The first-order valence-corrected chi connectivity index (χ1v) is 10.3. The number of benzene rings is 1. The molecule has 142 valence electrons. The Balaban J connectivity index is 1.47. The van der Waals surface area contributed by atoms with Gasteiger partial charge in [0.25, 0.3) is 0 Å². The Labute approximate surface area is 157 Å². The maximum absolute atomic E-state index is 13.5. The summed E-state index contributed by atoms with van der Waals surface area (Å²) in [4.78, 5) is 18.0. The number of carbonyl (C=O) groups excluding carboxylic acids is 1. The van der Waals surface area contributed by atoms with Crippen molar-refractivity contribution in [2.24, 2.45) is 5.92 Å². The van der Waals surface area contributed by atoms with Gasteiger partial charge in [0.1, 0.15) is 0 Å². The number of likely N-dealkylation sites (tertiary alicyclic amines) is 1. The lowest BCUT2D eigenvalue weighted by Crippen LogP contribution is -2.57. The van der Waals surface area contributed by atoms with Crippen LogP contribution in [0, 0.1) is 5.92 Å². The van der Waals surface area contributed by atoms with Gasteiger partial charge in [0.2, 0.25) is 5.91 Å². The molecule has 1 atom stereocenters. The Morgan fingerprint density at radius 1 is 1.12 bits per heavy atom. The zero-order chi connectivity index (χ0) is 18.0. The van der Waals surface area contributed by atoms with Crippen LogP contribution >= 0.6 is 0 Å². The third-order valence-electron chi connectivity index (χ3n) is 6.72. The molecular formula is C22H32N2O2. The summed E-state index contributed by atoms with van der Waals surface area (Å²) < 4.78 is 6.17. The van der Waals surface area contributed by atoms with Crippen molar-refractivity contribution in [2.75, 3.05) is 39.8 Å². The van der Waals surface area contributed by atoms with Crippen molar-refractivity contribution >= 4 is 5.91 Å². The van der Waals surface area contributed by atoms with Gasteiger partial charge in [-0.25, -0.2) is 0 Å². The highest BCUT2D eigenvalue weighted by Crippen LogP contribution is 2.39. The van der Waals surface area contributed by atoms with Crippen LogP contribution in [0.1, 0.15) is 50.0 Å². The van der Waals surface area contributed by atoms with Crippen LogP contribution in [0.3, 0.4) is 0 Å². The molecule has 0 N–H and O–H groups in total. The minimum atomic E-state index is -0.0284. The first-order chi connectivity index (χ1) is 12.7. The van der Waals surface area contributed by atoms with E-state index in [2.05, 4.69) is 41.1 Å². The van der Waals surface area contributed by atoms with Crippen LogP contribution in [-0.2, 0) is 9.53 Å². The number of rotatable bonds is 3. The summed E-state index contributed by atoms with van der Waals surface area (Å²) in [7, 11) is 2.17. The van der Waals surface area contributed by atoms with E-state index in [1.165, 1.54) is 31.2 Å². The van der Waals surface area contributed by atoms with Gasteiger partial charge in [-0.15, -0.1) is 0 Å². The highest BCUT2D eigenvalue weighted by atomic mass is 16.5. The summed E-state index contributed by atoms with van der Waals surface area (Å²) in [6, 6.07) is 10.5. The number of amides is 1. The normalized spacial score (nSPS) is 25.5. The van der Waals surface area contributed by atoms with E-state index < -0.39 is 0 Å². The largest absolute Gasteiger partial charge is 0.372 e. The molecule has 4 nitrogen and oxygen atoms in total. The molecule has 1 aromatic carbocycles. The lowest BCUT2D eigenvalue weighted by atomic mass is 9.82. The van der Waals surface area contributed by atoms with Crippen molar-refractivity contribution in [1.29, 1.82) is 0 Å². The second kappa shape index (κ2) is 7.69. The van der Waals surface area contributed by atoms with Crippen LogP contribution in [-0.4, -0.2) is 61.1 Å². The van der Waals surface area contributed by atoms with E-state index in [9.17, 15) is 4.79 Å². The standard InChI is InChI=1S/C22H32N2O2/c1-23-15-16-26-22(17-23)11-13-24(14-12-22)21(25)20(19-9-5-6-10-19)18-7-3-2-4-8-18/h2-4,7-8,19-20H,5-6,9-17H2,1H3. The van der Waals surface area contributed by atoms with E-state index in [-0.39, 0.29) is 11.5 Å². The maximum atomic E-state index is 13.5. The molecule has 26 heavy (non-hydrogen) atoms. The van der Waals surface area contributed by atoms with Crippen LogP contribution in [0.5, 0.6) is 0 Å². The third-order valence-corrected chi connectivity index (χ3v) is 6.72. The highest BCUT2D eigenvalue weighted by Gasteiger charge is 2.42. The number of likely N-dealkylation sites (N-methyl/N-ethyl adjacent to an activating group) is 1. The van der Waals surface area contributed by atoms with Crippen molar-refractivity contribution in [3.63, 3.8) is 0 Å². The fraction of sp³-hybridized carbons (Fsp3) is 0.682. The third kappa shape index (κ3) is 3.67. The number of hydrogen-bond donors (Lipinski definition) is 0. The van der Waals surface area contributed by atoms with Gasteiger partial charge in [0.05, 0.1) is 18.1 Å². The predicted octanol–water partition coefficient (Wildman–Crippen LogP) is 3.28. The van der Waals surface area contributed by atoms with Crippen molar-refractivity contribution in [3.05, 3.63) is 35.9 Å². The number of nitrogens with zero attached hydrogens (tertiary/aromatic N) is 2. The van der Waals surface area contributed by atoms with Crippen molar-refractivity contribution in [3.8, 4) is 0 Å². The first kappa shape index (κ1) is 18.0. The Kier molecular flexibility index (Phi) is 5.32. The molecule has 1 amide bonds. The van der Waals surface area contributed by atoms with E-state index in [4.69, 9.17) is 4.74 Å². The molecule has 1 unspecified atom stereocenters. The first-order valence-electron chi connectivity index (χ1n) is 10.3. The lowest BCUT2D eigenvalue weighted by molar-refractivity contribution is -0.150. The molecule has 1 aliphatic carbocycles. The van der Waals surface area contributed by atoms with Gasteiger partial charge in [-0.05, 0) is 44.2 Å². The Bertz CT molecular complexity index is 604. The zero-order valence-electron chi connectivity index (χ0n) is 16.0. The molecule has 2 aliphatic heterocycles. The van der Waals surface area contributed by atoms with Crippen LogP contribution < -0.4 is 0 Å². The highest BCUT2D eigenvalue weighted by molar-refractivity contribution is 5.84. The topological polar surface area (TPSA) is 32.8 Å². The average Bonchev–Trinajstić information content (AvgIpc) is 3.17. The summed E-state index contributed by atoms with van der Waals surface area (Å²) in [5.41, 5.74) is 1.18. The van der Waals surface area contributed by atoms with E-state index >= 15 is 0 Å². The van der Waals surface area contributed by atoms with E-state index in [1.54, 1.807) is 0 Å². The minimum absolute atomic E-state index is 0.0284. The summed E-state index contributed by atoms with van der Waals surface area (Å²) in [6.07, 6.45) is 6.85. The van der Waals surface area contributed by atoms with Crippen molar-refractivity contribution in [2.45, 2.75) is 50.0 Å². The molecule has 0 bridgehead atoms. The van der Waals surface area contributed by atoms with Gasteiger partial charge in [0, 0.05) is 26.2 Å². The van der Waals surface area contributed by atoms with Crippen LogP contribution in [0.25, 0.3) is 0 Å². The number of morpholine rings is 1. The summed E-state index contributed by atoms with van der Waals surface area (Å²) >= 11 is 0. The molecule has 2 saturated heterocycles. The number of carbonyl (C=O) groups is 1. The van der Waals surface area contributed by atoms with Crippen LogP contribution in [0.2, 0.25) is 0 Å². The zero-order valence-corrected chi connectivity index (χ0v) is 16.0. The van der Waals surface area contributed by atoms with Gasteiger partial charge in [0.15, 0.2) is 0 Å².